The Morgan fingerprint density at radius 1 is 1.08 bits per heavy atom. The van der Waals surface area contributed by atoms with Gasteiger partial charge in [0.1, 0.15) is 22.9 Å². The molecular weight excluding hydrogens is 476 g/mol. The smallest absolute Gasteiger partial charge is 0.299 e. The number of carbonyl (C=O) groups excluding carboxylic acids is 2. The predicted molar refractivity (Wildman–Crippen MR) is 144 cm³/mol. The van der Waals surface area contributed by atoms with Crippen LogP contribution in [0.1, 0.15) is 54.1 Å². The maximum absolute atomic E-state index is 13.0. The number of imidazole rings is 1. The van der Waals surface area contributed by atoms with Crippen LogP contribution in [0.3, 0.4) is 0 Å². The van der Waals surface area contributed by atoms with E-state index in [9.17, 15) is 9.59 Å². The quantitative estimate of drug-likeness (QED) is 0.324. The molecule has 1 aliphatic carbocycles. The lowest BCUT2D eigenvalue weighted by molar-refractivity contribution is -0.126. The third-order valence-electron chi connectivity index (χ3n) is 7.81. The van der Waals surface area contributed by atoms with Crippen LogP contribution in [0.25, 0.3) is 16.8 Å². The third kappa shape index (κ3) is 4.10. The van der Waals surface area contributed by atoms with E-state index in [0.717, 1.165) is 36.3 Å². The molecule has 1 saturated carbocycles. The van der Waals surface area contributed by atoms with E-state index in [1.807, 2.05) is 58.0 Å². The molecule has 3 atom stereocenters. The van der Waals surface area contributed by atoms with Crippen LogP contribution >= 0.6 is 0 Å². The molecule has 8 nitrogen and oxygen atoms in total. The van der Waals surface area contributed by atoms with Gasteiger partial charge in [-0.3, -0.25) is 19.0 Å². The van der Waals surface area contributed by atoms with Gasteiger partial charge < -0.3 is 10.6 Å². The van der Waals surface area contributed by atoms with Gasteiger partial charge in [-0.15, -0.1) is 0 Å². The van der Waals surface area contributed by atoms with Crippen LogP contribution in [0.15, 0.2) is 61.1 Å². The van der Waals surface area contributed by atoms with Crippen LogP contribution < -0.4 is 5.73 Å². The zero-order valence-electron chi connectivity index (χ0n) is 21.2. The van der Waals surface area contributed by atoms with E-state index in [1.165, 1.54) is 0 Å². The fraction of sp³-hybridized carbons (Fsp3) is 0.300. The number of carbonyl (C=O) groups is 2. The summed E-state index contributed by atoms with van der Waals surface area (Å²) in [5.41, 5.74) is 9.94. The van der Waals surface area contributed by atoms with Crippen LogP contribution in [0, 0.1) is 23.7 Å². The van der Waals surface area contributed by atoms with E-state index in [0.29, 0.717) is 41.0 Å². The number of likely N-dealkylation sites (tertiary alicyclic amines) is 1. The molecule has 190 valence electrons. The Kier molecular flexibility index (Phi) is 6.12. The van der Waals surface area contributed by atoms with Crippen LogP contribution in [0.4, 0.5) is 5.82 Å². The largest absolute Gasteiger partial charge is 0.382 e. The summed E-state index contributed by atoms with van der Waals surface area (Å²) >= 11 is 0. The van der Waals surface area contributed by atoms with Crippen molar-refractivity contribution >= 4 is 23.0 Å². The maximum atomic E-state index is 13.0. The summed E-state index contributed by atoms with van der Waals surface area (Å²) in [4.78, 5) is 41.4. The number of ketones is 1. The van der Waals surface area contributed by atoms with Crippen molar-refractivity contribution in [3.8, 4) is 23.1 Å². The Morgan fingerprint density at radius 3 is 2.68 bits per heavy atom. The molecule has 2 aliphatic rings. The Morgan fingerprint density at radius 2 is 1.92 bits per heavy atom. The molecular formula is C30H28N6O2. The summed E-state index contributed by atoms with van der Waals surface area (Å²) in [7, 11) is 0. The summed E-state index contributed by atoms with van der Waals surface area (Å²) in [5, 5.41) is 0. The molecule has 1 amide bonds. The van der Waals surface area contributed by atoms with Gasteiger partial charge in [0, 0.05) is 42.0 Å². The number of pyridine rings is 1. The number of nitrogen functional groups attached to an aromatic ring is 1. The lowest BCUT2D eigenvalue weighted by Crippen LogP contribution is -2.32. The molecule has 1 aliphatic heterocycles. The Bertz CT molecular complexity index is 1580. The number of hydrogen-bond acceptors (Lipinski definition) is 6. The van der Waals surface area contributed by atoms with Gasteiger partial charge in [0.05, 0.1) is 12.5 Å². The van der Waals surface area contributed by atoms with E-state index in [2.05, 4.69) is 21.8 Å². The summed E-state index contributed by atoms with van der Waals surface area (Å²) in [5.74, 6) is 7.25. The number of rotatable bonds is 5. The molecule has 38 heavy (non-hydrogen) atoms. The standard InChI is InChI=1S/C30H28N6O2/c1-2-6-25(38)36-18-21-7-5-9-23(21)27(36)30-34-26(28-29(31)33-15-16-35(28)30)20-12-10-19(11-13-20)24(37)17-22-8-3-4-14-32-22/h3-4,8,10-16,21,23,27H,5,7,9,17-18H2,1H3,(H2,31,33). The number of fused-ring (bicyclic) bond motifs is 2. The first kappa shape index (κ1) is 23.9. The lowest BCUT2D eigenvalue weighted by atomic mass is 9.93. The number of amides is 1. The fourth-order valence-electron chi connectivity index (χ4n) is 6.10. The Labute approximate surface area is 220 Å². The number of aromatic nitrogens is 4. The minimum absolute atomic E-state index is 0.00348. The SMILES string of the molecule is CC#CC(=O)N1CC2CCCC2C1c1nc(-c2ccc(C(=O)Cc3ccccn3)cc2)c2c(N)nccn12. The summed E-state index contributed by atoms with van der Waals surface area (Å²) in [6, 6.07) is 12.8. The van der Waals surface area contributed by atoms with Gasteiger partial charge in [0.2, 0.25) is 0 Å². The second-order valence-electron chi connectivity index (χ2n) is 9.98. The number of nitrogens with two attached hydrogens (primary N) is 1. The molecule has 3 aromatic heterocycles. The molecule has 1 aromatic carbocycles. The van der Waals surface area contributed by atoms with E-state index in [-0.39, 0.29) is 24.2 Å². The molecule has 4 heterocycles. The topological polar surface area (TPSA) is 106 Å². The molecule has 0 spiro atoms. The van der Waals surface area contributed by atoms with E-state index >= 15 is 0 Å². The molecule has 2 fully saturated rings. The Hall–Kier alpha value is -4.51. The van der Waals surface area contributed by atoms with Crippen LogP contribution in [-0.4, -0.2) is 42.5 Å². The second-order valence-corrected chi connectivity index (χ2v) is 9.98. The minimum Gasteiger partial charge on any atom is -0.382 e. The summed E-state index contributed by atoms with van der Waals surface area (Å²) in [6.45, 7) is 2.38. The average molecular weight is 505 g/mol. The number of hydrogen-bond donors (Lipinski definition) is 1. The summed E-state index contributed by atoms with van der Waals surface area (Å²) in [6.07, 6.45) is 8.77. The average Bonchev–Trinajstić information content (AvgIpc) is 3.63. The number of anilines is 1. The van der Waals surface area contributed by atoms with Gasteiger partial charge >= 0.3 is 0 Å². The monoisotopic (exact) mass is 504 g/mol. The van der Waals surface area contributed by atoms with E-state index < -0.39 is 0 Å². The molecule has 8 heteroatoms. The molecule has 1 saturated heterocycles. The van der Waals surface area contributed by atoms with Crippen LogP contribution in [-0.2, 0) is 11.2 Å². The zero-order chi connectivity index (χ0) is 26.2. The summed E-state index contributed by atoms with van der Waals surface area (Å²) < 4.78 is 1.98. The number of nitrogens with zero attached hydrogens (tertiary/aromatic N) is 5. The molecule has 2 N–H and O–H groups in total. The molecule has 6 rings (SSSR count). The molecule has 0 bridgehead atoms. The van der Waals surface area contributed by atoms with Crippen molar-refractivity contribution in [3.05, 3.63) is 78.1 Å². The van der Waals surface area contributed by atoms with Crippen molar-refractivity contribution in [1.29, 1.82) is 0 Å². The van der Waals surface area contributed by atoms with Gasteiger partial charge in [-0.05, 0) is 49.7 Å². The normalized spacial score (nSPS) is 20.2. The highest BCUT2D eigenvalue weighted by Gasteiger charge is 2.48. The molecule has 0 radical (unpaired) electrons. The van der Waals surface area contributed by atoms with Gasteiger partial charge in [-0.2, -0.15) is 0 Å². The van der Waals surface area contributed by atoms with Gasteiger partial charge in [-0.1, -0.05) is 42.7 Å². The van der Waals surface area contributed by atoms with Gasteiger partial charge in [0.15, 0.2) is 5.78 Å². The van der Waals surface area contributed by atoms with E-state index in [4.69, 9.17) is 10.7 Å². The fourth-order valence-corrected chi connectivity index (χ4v) is 6.10. The van der Waals surface area contributed by atoms with Crippen LogP contribution in [0.2, 0.25) is 0 Å². The predicted octanol–water partition coefficient (Wildman–Crippen LogP) is 4.12. The van der Waals surface area contributed by atoms with E-state index in [1.54, 1.807) is 19.3 Å². The minimum atomic E-state index is -0.182. The highest BCUT2D eigenvalue weighted by atomic mass is 16.2. The first-order valence-corrected chi connectivity index (χ1v) is 12.9. The first-order chi connectivity index (χ1) is 18.5. The van der Waals surface area contributed by atoms with Gasteiger partial charge in [0.25, 0.3) is 5.91 Å². The maximum Gasteiger partial charge on any atom is 0.299 e. The highest BCUT2D eigenvalue weighted by Crippen LogP contribution is 2.49. The van der Waals surface area contributed by atoms with Crippen molar-refractivity contribution in [1.82, 2.24) is 24.3 Å². The van der Waals surface area contributed by atoms with Crippen molar-refractivity contribution in [2.45, 2.75) is 38.6 Å². The van der Waals surface area contributed by atoms with Gasteiger partial charge in [-0.25, -0.2) is 9.97 Å². The molecule has 4 aromatic rings. The third-order valence-corrected chi connectivity index (χ3v) is 7.81. The second kappa shape index (κ2) is 9.75. The van der Waals surface area contributed by atoms with Crippen molar-refractivity contribution in [2.75, 3.05) is 12.3 Å². The molecule has 3 unspecified atom stereocenters. The zero-order valence-corrected chi connectivity index (χ0v) is 21.2. The highest BCUT2D eigenvalue weighted by molar-refractivity contribution is 5.98. The van der Waals surface area contributed by atoms with Crippen molar-refractivity contribution < 1.29 is 9.59 Å². The van der Waals surface area contributed by atoms with Crippen molar-refractivity contribution in [2.24, 2.45) is 11.8 Å². The van der Waals surface area contributed by atoms with Crippen molar-refractivity contribution in [3.63, 3.8) is 0 Å². The number of benzene rings is 1. The first-order valence-electron chi connectivity index (χ1n) is 12.9. The Balaban J connectivity index is 1.39. The number of Topliss-reactive ketones (excluding diaryl/α,β-unsaturated/α-hetero) is 1. The van der Waals surface area contributed by atoms with Crippen LogP contribution in [0.5, 0.6) is 0 Å². The lowest BCUT2D eigenvalue weighted by Gasteiger charge is -2.25.